The Hall–Kier alpha value is -0.510. The first-order valence-electron chi connectivity index (χ1n) is 9.10. The van der Waals surface area contributed by atoms with Gasteiger partial charge >= 0.3 is 0 Å². The quantitative estimate of drug-likeness (QED) is 0.239. The molecule has 0 aromatic heterocycles. The highest BCUT2D eigenvalue weighted by molar-refractivity contribution is 14.0. The molecule has 1 aliphatic rings. The number of thioether (sulfide) groups is 1. The third-order valence-corrected chi connectivity index (χ3v) is 4.62. The average molecular weight is 493 g/mol. The van der Waals surface area contributed by atoms with E-state index in [1.165, 1.54) is 11.1 Å². The molecule has 0 bridgehead atoms. The first kappa shape index (κ1) is 23.5. The first-order valence-corrected chi connectivity index (χ1v) is 10.5. The second-order valence-electron chi connectivity index (χ2n) is 6.06. The van der Waals surface area contributed by atoms with Crippen LogP contribution >= 0.6 is 35.7 Å². The zero-order chi connectivity index (χ0) is 17.7. The van der Waals surface area contributed by atoms with E-state index < -0.39 is 0 Å². The number of hydrogen-bond donors (Lipinski definition) is 2. The number of aliphatic imine (C=N–C) groups is 1. The lowest BCUT2D eigenvalue weighted by Crippen LogP contribution is -2.38. The van der Waals surface area contributed by atoms with Crippen LogP contribution in [0.25, 0.3) is 0 Å². The molecule has 2 N–H and O–H groups in total. The highest BCUT2D eigenvalue weighted by Gasteiger charge is 2.13. The molecule has 7 heteroatoms. The van der Waals surface area contributed by atoms with Gasteiger partial charge in [0.25, 0.3) is 0 Å². The molecular weight excluding hydrogens is 461 g/mol. The molecule has 0 radical (unpaired) electrons. The van der Waals surface area contributed by atoms with E-state index in [1.54, 1.807) is 0 Å². The molecule has 1 saturated heterocycles. The number of nitrogens with one attached hydrogen (secondary N) is 2. The van der Waals surface area contributed by atoms with E-state index in [1.807, 2.05) is 11.8 Å². The van der Waals surface area contributed by atoms with Crippen molar-refractivity contribution in [3.05, 3.63) is 35.4 Å². The molecule has 0 saturated carbocycles. The number of guanidine groups is 1. The lowest BCUT2D eigenvalue weighted by molar-refractivity contribution is -0.0390. The Morgan fingerprint density at radius 1 is 1.27 bits per heavy atom. The minimum absolute atomic E-state index is 0. The summed E-state index contributed by atoms with van der Waals surface area (Å²) in [5, 5.41) is 6.64. The topological polar surface area (TPSA) is 54.9 Å². The Morgan fingerprint density at radius 3 is 2.77 bits per heavy atom. The molecule has 0 unspecified atom stereocenters. The van der Waals surface area contributed by atoms with Gasteiger partial charge in [-0.2, -0.15) is 11.8 Å². The van der Waals surface area contributed by atoms with Gasteiger partial charge in [-0.3, -0.25) is 0 Å². The summed E-state index contributed by atoms with van der Waals surface area (Å²) in [7, 11) is 0. The van der Waals surface area contributed by atoms with Crippen molar-refractivity contribution in [1.82, 2.24) is 10.6 Å². The van der Waals surface area contributed by atoms with Crippen molar-refractivity contribution < 1.29 is 9.47 Å². The maximum absolute atomic E-state index is 6.01. The fraction of sp³-hybridized carbons (Fsp3) is 0.632. The second-order valence-corrected chi connectivity index (χ2v) is 7.04. The number of halogens is 1. The van der Waals surface area contributed by atoms with Crippen LogP contribution in [0, 0.1) is 0 Å². The highest BCUT2D eigenvalue weighted by atomic mass is 127. The molecule has 0 aliphatic carbocycles. The Kier molecular flexibility index (Phi) is 13.2. The van der Waals surface area contributed by atoms with Crippen molar-refractivity contribution in [2.75, 3.05) is 38.3 Å². The van der Waals surface area contributed by atoms with Crippen LogP contribution in [0.2, 0.25) is 0 Å². The van der Waals surface area contributed by atoms with Crippen molar-refractivity contribution in [3.63, 3.8) is 0 Å². The van der Waals surface area contributed by atoms with Crippen molar-refractivity contribution in [2.24, 2.45) is 4.99 Å². The molecule has 1 aromatic carbocycles. The molecule has 26 heavy (non-hydrogen) atoms. The molecule has 0 spiro atoms. The summed E-state index contributed by atoms with van der Waals surface area (Å²) < 4.78 is 11.4. The predicted octanol–water partition coefficient (Wildman–Crippen LogP) is 3.42. The summed E-state index contributed by atoms with van der Waals surface area (Å²) in [6, 6.07) is 8.51. The van der Waals surface area contributed by atoms with Gasteiger partial charge in [0.15, 0.2) is 5.96 Å². The summed E-state index contributed by atoms with van der Waals surface area (Å²) in [6.07, 6.45) is 4.44. The Morgan fingerprint density at radius 2 is 2.04 bits per heavy atom. The van der Waals surface area contributed by atoms with Crippen LogP contribution in [-0.4, -0.2) is 50.4 Å². The Labute approximate surface area is 179 Å². The van der Waals surface area contributed by atoms with Crippen LogP contribution < -0.4 is 10.6 Å². The zero-order valence-corrected chi connectivity index (χ0v) is 19.0. The van der Waals surface area contributed by atoms with Gasteiger partial charge in [0.2, 0.25) is 0 Å². The molecule has 0 amide bonds. The van der Waals surface area contributed by atoms with E-state index in [4.69, 9.17) is 9.47 Å². The smallest absolute Gasteiger partial charge is 0.191 e. The van der Waals surface area contributed by atoms with Gasteiger partial charge < -0.3 is 20.1 Å². The van der Waals surface area contributed by atoms with Crippen molar-refractivity contribution in [3.8, 4) is 0 Å². The summed E-state index contributed by atoms with van der Waals surface area (Å²) in [6.45, 7) is 6.83. The zero-order valence-electron chi connectivity index (χ0n) is 15.8. The van der Waals surface area contributed by atoms with Crippen LogP contribution in [0.3, 0.4) is 0 Å². The lowest BCUT2D eigenvalue weighted by Gasteiger charge is -2.22. The predicted molar refractivity (Wildman–Crippen MR) is 122 cm³/mol. The Balaban J connectivity index is 0.00000338. The molecule has 2 rings (SSSR count). The highest BCUT2D eigenvalue weighted by Crippen LogP contribution is 2.14. The average Bonchev–Trinajstić information content (AvgIpc) is 2.66. The number of nitrogens with zero attached hydrogens (tertiary/aromatic N) is 1. The second kappa shape index (κ2) is 14.5. The minimum Gasteiger partial charge on any atom is -0.381 e. The SMILES string of the molecule is CCNC(=NCc1cccc(COC2CCOCC2)c1)NCCSC.I. The van der Waals surface area contributed by atoms with Gasteiger partial charge in [-0.05, 0) is 37.1 Å². The van der Waals surface area contributed by atoms with Crippen LogP contribution in [0.5, 0.6) is 0 Å². The van der Waals surface area contributed by atoms with Crippen LogP contribution in [0.4, 0.5) is 0 Å². The fourth-order valence-corrected chi connectivity index (χ4v) is 2.96. The maximum Gasteiger partial charge on any atom is 0.191 e. The normalized spacial score (nSPS) is 15.4. The number of benzene rings is 1. The van der Waals surface area contributed by atoms with E-state index in [9.17, 15) is 0 Å². The van der Waals surface area contributed by atoms with E-state index in [0.717, 1.165) is 50.9 Å². The summed E-state index contributed by atoms with van der Waals surface area (Å²) in [5.74, 6) is 1.95. The fourth-order valence-electron chi connectivity index (χ4n) is 2.66. The molecule has 1 aromatic rings. The van der Waals surface area contributed by atoms with Crippen LogP contribution in [0.15, 0.2) is 29.3 Å². The number of hydrogen-bond acceptors (Lipinski definition) is 4. The third kappa shape index (κ3) is 9.43. The molecular formula is C19H32IN3O2S. The van der Waals surface area contributed by atoms with Gasteiger partial charge in [0.05, 0.1) is 19.3 Å². The molecule has 1 aliphatic heterocycles. The largest absolute Gasteiger partial charge is 0.381 e. The lowest BCUT2D eigenvalue weighted by atomic mass is 10.1. The van der Waals surface area contributed by atoms with E-state index in [0.29, 0.717) is 19.3 Å². The Bertz CT molecular complexity index is 525. The van der Waals surface area contributed by atoms with Crippen molar-refractivity contribution >= 4 is 41.7 Å². The van der Waals surface area contributed by atoms with Crippen LogP contribution in [-0.2, 0) is 22.6 Å². The molecule has 0 atom stereocenters. The monoisotopic (exact) mass is 493 g/mol. The molecule has 148 valence electrons. The number of rotatable bonds is 9. The van der Waals surface area contributed by atoms with Gasteiger partial charge in [0.1, 0.15) is 0 Å². The van der Waals surface area contributed by atoms with Gasteiger partial charge in [0, 0.05) is 32.1 Å². The number of ether oxygens (including phenoxy) is 2. The van der Waals surface area contributed by atoms with E-state index in [2.05, 4.69) is 53.1 Å². The van der Waals surface area contributed by atoms with Crippen LogP contribution in [0.1, 0.15) is 30.9 Å². The maximum atomic E-state index is 6.01. The summed E-state index contributed by atoms with van der Waals surface area (Å²) in [4.78, 5) is 4.67. The third-order valence-electron chi connectivity index (χ3n) is 4.01. The molecule has 5 nitrogen and oxygen atoms in total. The molecule has 1 heterocycles. The summed E-state index contributed by atoms with van der Waals surface area (Å²) in [5.41, 5.74) is 2.41. The van der Waals surface area contributed by atoms with E-state index in [-0.39, 0.29) is 24.0 Å². The van der Waals surface area contributed by atoms with Gasteiger partial charge in [-0.1, -0.05) is 24.3 Å². The standard InChI is InChI=1S/C19H31N3O2S.HI/c1-3-20-19(21-9-12-25-2)22-14-16-5-4-6-17(13-16)15-24-18-7-10-23-11-8-18;/h4-6,13,18H,3,7-12,14-15H2,1-2H3,(H2,20,21,22);1H. The summed E-state index contributed by atoms with van der Waals surface area (Å²) >= 11 is 1.83. The minimum atomic E-state index is 0. The van der Waals surface area contributed by atoms with Gasteiger partial charge in [-0.15, -0.1) is 24.0 Å². The van der Waals surface area contributed by atoms with Crippen molar-refractivity contribution in [2.45, 2.75) is 39.0 Å². The van der Waals surface area contributed by atoms with E-state index >= 15 is 0 Å². The first-order chi connectivity index (χ1) is 12.3. The molecule has 1 fully saturated rings. The van der Waals surface area contributed by atoms with Gasteiger partial charge in [-0.25, -0.2) is 4.99 Å². The van der Waals surface area contributed by atoms with Crippen molar-refractivity contribution in [1.29, 1.82) is 0 Å².